The highest BCUT2D eigenvalue weighted by atomic mass is 15.1. The molecular formula is C16H28N2. The van der Waals surface area contributed by atoms with Gasteiger partial charge in [-0.25, -0.2) is 0 Å². The lowest BCUT2D eigenvalue weighted by molar-refractivity contribution is 0.448. The van der Waals surface area contributed by atoms with Gasteiger partial charge in [-0.05, 0) is 43.0 Å². The number of nitrogens with zero attached hydrogens (tertiary/aromatic N) is 1. The van der Waals surface area contributed by atoms with Crippen LogP contribution in [0, 0.1) is 5.92 Å². The molecule has 0 aliphatic carbocycles. The van der Waals surface area contributed by atoms with Gasteiger partial charge in [0.05, 0.1) is 0 Å². The second-order valence-corrected chi connectivity index (χ2v) is 5.57. The van der Waals surface area contributed by atoms with Crippen LogP contribution in [0.4, 0.5) is 5.69 Å². The Morgan fingerprint density at radius 1 is 1.17 bits per heavy atom. The lowest BCUT2D eigenvalue weighted by Crippen LogP contribution is -2.21. The summed E-state index contributed by atoms with van der Waals surface area (Å²) >= 11 is 0. The van der Waals surface area contributed by atoms with E-state index >= 15 is 0 Å². The molecule has 2 nitrogen and oxygen atoms in total. The average Bonchev–Trinajstić information content (AvgIpc) is 2.34. The monoisotopic (exact) mass is 248 g/mol. The Bertz CT molecular complexity index is 345. The molecular weight excluding hydrogens is 220 g/mol. The summed E-state index contributed by atoms with van der Waals surface area (Å²) in [5, 5.41) is 3.60. The highest BCUT2D eigenvalue weighted by Crippen LogP contribution is 2.24. The zero-order valence-corrected chi connectivity index (χ0v) is 12.5. The Balaban J connectivity index is 2.80. The number of rotatable bonds is 7. The standard InChI is InChI=1S/C16H28N2/c1-6-17-16(11-10-13(2)3)14-8-7-9-15(12-14)18(4)5/h7-9,12-13,16-17H,6,10-11H2,1-5H3. The van der Waals surface area contributed by atoms with Gasteiger partial charge >= 0.3 is 0 Å². The van der Waals surface area contributed by atoms with Gasteiger partial charge in [-0.1, -0.05) is 32.9 Å². The topological polar surface area (TPSA) is 15.3 Å². The van der Waals surface area contributed by atoms with Crippen LogP contribution in [0.3, 0.4) is 0 Å². The lowest BCUT2D eigenvalue weighted by atomic mass is 9.97. The first kappa shape index (κ1) is 15.0. The van der Waals surface area contributed by atoms with Crippen LogP contribution in [-0.4, -0.2) is 20.6 Å². The molecule has 1 N–H and O–H groups in total. The molecule has 0 spiro atoms. The second-order valence-electron chi connectivity index (χ2n) is 5.57. The molecule has 0 radical (unpaired) electrons. The third-order valence-corrected chi connectivity index (χ3v) is 3.27. The van der Waals surface area contributed by atoms with E-state index in [1.54, 1.807) is 0 Å². The van der Waals surface area contributed by atoms with Crippen molar-refractivity contribution in [2.24, 2.45) is 5.92 Å². The summed E-state index contributed by atoms with van der Waals surface area (Å²) in [5.74, 6) is 0.767. The summed E-state index contributed by atoms with van der Waals surface area (Å²) in [6, 6.07) is 9.34. The number of anilines is 1. The van der Waals surface area contributed by atoms with Crippen LogP contribution in [0.1, 0.15) is 45.2 Å². The summed E-state index contributed by atoms with van der Waals surface area (Å²) in [5.41, 5.74) is 2.68. The predicted molar refractivity (Wildman–Crippen MR) is 81.3 cm³/mol. The normalized spacial score (nSPS) is 12.8. The van der Waals surface area contributed by atoms with Crippen molar-refractivity contribution in [2.75, 3.05) is 25.5 Å². The van der Waals surface area contributed by atoms with Gasteiger partial charge in [-0.3, -0.25) is 0 Å². The van der Waals surface area contributed by atoms with E-state index in [2.05, 4.69) is 69.3 Å². The molecule has 0 fully saturated rings. The Labute approximate surface area is 112 Å². The molecule has 1 aromatic rings. The highest BCUT2D eigenvalue weighted by Gasteiger charge is 2.11. The maximum Gasteiger partial charge on any atom is 0.0364 e. The molecule has 1 rings (SSSR count). The molecule has 0 heterocycles. The second kappa shape index (κ2) is 7.42. The molecule has 0 amide bonds. The predicted octanol–water partition coefficient (Wildman–Crippen LogP) is 3.84. The van der Waals surface area contributed by atoms with Gasteiger partial charge in [0.25, 0.3) is 0 Å². The first-order valence-electron chi connectivity index (χ1n) is 7.05. The molecule has 18 heavy (non-hydrogen) atoms. The van der Waals surface area contributed by atoms with Crippen molar-refractivity contribution in [3.8, 4) is 0 Å². The van der Waals surface area contributed by atoms with Crippen LogP contribution in [-0.2, 0) is 0 Å². The molecule has 1 unspecified atom stereocenters. The zero-order chi connectivity index (χ0) is 13.5. The van der Waals surface area contributed by atoms with Gasteiger partial charge < -0.3 is 10.2 Å². The van der Waals surface area contributed by atoms with Gasteiger partial charge in [0.2, 0.25) is 0 Å². The molecule has 0 aromatic heterocycles. The van der Waals surface area contributed by atoms with Gasteiger partial charge in [0, 0.05) is 25.8 Å². The first-order valence-corrected chi connectivity index (χ1v) is 7.05. The largest absolute Gasteiger partial charge is 0.378 e. The van der Waals surface area contributed by atoms with Crippen molar-refractivity contribution in [3.05, 3.63) is 29.8 Å². The summed E-state index contributed by atoms with van der Waals surface area (Å²) < 4.78 is 0. The van der Waals surface area contributed by atoms with Gasteiger partial charge in [-0.2, -0.15) is 0 Å². The molecule has 0 bridgehead atoms. The van der Waals surface area contributed by atoms with Gasteiger partial charge in [0.1, 0.15) is 0 Å². The van der Waals surface area contributed by atoms with Crippen molar-refractivity contribution >= 4 is 5.69 Å². The van der Waals surface area contributed by atoms with Crippen molar-refractivity contribution in [2.45, 2.75) is 39.7 Å². The van der Waals surface area contributed by atoms with Crippen molar-refractivity contribution in [1.29, 1.82) is 0 Å². The van der Waals surface area contributed by atoms with Crippen molar-refractivity contribution in [1.82, 2.24) is 5.32 Å². The van der Waals surface area contributed by atoms with E-state index in [0.29, 0.717) is 6.04 Å². The minimum absolute atomic E-state index is 0.484. The fraction of sp³-hybridized carbons (Fsp3) is 0.625. The lowest BCUT2D eigenvalue weighted by Gasteiger charge is -2.21. The molecule has 102 valence electrons. The SMILES string of the molecule is CCNC(CCC(C)C)c1cccc(N(C)C)c1. The van der Waals surface area contributed by atoms with Gasteiger partial charge in [-0.15, -0.1) is 0 Å². The molecule has 0 aliphatic rings. The van der Waals surface area contributed by atoms with E-state index in [0.717, 1.165) is 12.5 Å². The van der Waals surface area contributed by atoms with E-state index < -0.39 is 0 Å². The summed E-state index contributed by atoms with van der Waals surface area (Å²) in [7, 11) is 4.19. The Hall–Kier alpha value is -1.02. The molecule has 1 atom stereocenters. The average molecular weight is 248 g/mol. The summed E-state index contributed by atoms with van der Waals surface area (Å²) in [4.78, 5) is 2.16. The van der Waals surface area contributed by atoms with E-state index in [9.17, 15) is 0 Å². The van der Waals surface area contributed by atoms with Crippen LogP contribution >= 0.6 is 0 Å². The molecule has 0 saturated heterocycles. The zero-order valence-electron chi connectivity index (χ0n) is 12.5. The van der Waals surface area contributed by atoms with E-state index in [1.165, 1.54) is 24.1 Å². The maximum absolute atomic E-state index is 3.60. The van der Waals surface area contributed by atoms with E-state index in [1.807, 2.05) is 0 Å². The number of benzene rings is 1. The highest BCUT2D eigenvalue weighted by molar-refractivity contribution is 5.47. The molecule has 2 heteroatoms. The van der Waals surface area contributed by atoms with Crippen molar-refractivity contribution in [3.63, 3.8) is 0 Å². The Kier molecular flexibility index (Phi) is 6.20. The fourth-order valence-electron chi connectivity index (χ4n) is 2.15. The van der Waals surface area contributed by atoms with Gasteiger partial charge in [0.15, 0.2) is 0 Å². The van der Waals surface area contributed by atoms with E-state index in [4.69, 9.17) is 0 Å². The van der Waals surface area contributed by atoms with Crippen molar-refractivity contribution < 1.29 is 0 Å². The fourth-order valence-corrected chi connectivity index (χ4v) is 2.15. The van der Waals surface area contributed by atoms with Crippen LogP contribution < -0.4 is 10.2 Å². The van der Waals surface area contributed by atoms with Crippen LogP contribution in [0.25, 0.3) is 0 Å². The summed E-state index contributed by atoms with van der Waals surface area (Å²) in [6.07, 6.45) is 2.48. The third kappa shape index (κ3) is 4.69. The third-order valence-electron chi connectivity index (χ3n) is 3.27. The quantitative estimate of drug-likeness (QED) is 0.788. The molecule has 0 saturated carbocycles. The Morgan fingerprint density at radius 2 is 1.89 bits per heavy atom. The Morgan fingerprint density at radius 3 is 2.44 bits per heavy atom. The number of hydrogen-bond donors (Lipinski definition) is 1. The minimum Gasteiger partial charge on any atom is -0.378 e. The molecule has 0 aliphatic heterocycles. The van der Waals surface area contributed by atoms with Crippen LogP contribution in [0.15, 0.2) is 24.3 Å². The smallest absolute Gasteiger partial charge is 0.0364 e. The summed E-state index contributed by atoms with van der Waals surface area (Å²) in [6.45, 7) is 7.78. The van der Waals surface area contributed by atoms with Crippen LogP contribution in [0.5, 0.6) is 0 Å². The van der Waals surface area contributed by atoms with Crippen LogP contribution in [0.2, 0.25) is 0 Å². The van der Waals surface area contributed by atoms with E-state index in [-0.39, 0.29) is 0 Å². The number of nitrogens with one attached hydrogen (secondary N) is 1. The molecule has 1 aromatic carbocycles. The minimum atomic E-state index is 0.484. The first-order chi connectivity index (χ1) is 8.54. The number of hydrogen-bond acceptors (Lipinski definition) is 2. The maximum atomic E-state index is 3.60.